The van der Waals surface area contributed by atoms with Gasteiger partial charge in [-0.2, -0.15) is 0 Å². The lowest BCUT2D eigenvalue weighted by molar-refractivity contribution is -0.804. The summed E-state index contributed by atoms with van der Waals surface area (Å²) in [6.07, 6.45) is 13.4. The Morgan fingerprint density at radius 2 is 1.93 bits per heavy atom. The number of allylic oxidation sites excluding steroid dienone is 3. The molecule has 0 saturated carbocycles. The Balaban J connectivity index is 0.000000921. The molecule has 84 valence electrons. The van der Waals surface area contributed by atoms with Crippen LogP contribution in [-0.4, -0.2) is 6.54 Å². The minimum Gasteiger partial charge on any atom is -0.512 e. The minimum absolute atomic E-state index is 1.19. The van der Waals surface area contributed by atoms with Crippen molar-refractivity contribution in [3.8, 4) is 0 Å². The van der Waals surface area contributed by atoms with Gasteiger partial charge < -0.3 is 11.8 Å². The molecule has 0 amide bonds. The fourth-order valence-electron chi connectivity index (χ4n) is 1.83. The average Bonchev–Trinajstić information content (AvgIpc) is 2.74. The summed E-state index contributed by atoms with van der Waals surface area (Å²) >= 11 is 0. The molecule has 15 heavy (non-hydrogen) atoms. The number of nitrogens with zero attached hydrogens (tertiary/aromatic N) is 1. The van der Waals surface area contributed by atoms with Gasteiger partial charge >= 0.3 is 0 Å². The van der Waals surface area contributed by atoms with Gasteiger partial charge in [0.2, 0.25) is 0 Å². The molecule has 0 spiro atoms. The number of hydrogen-bond acceptors (Lipinski definition) is 1. The summed E-state index contributed by atoms with van der Waals surface area (Å²) in [6.45, 7) is 10.5. The Bertz CT molecular complexity index is 226. The van der Waals surface area contributed by atoms with Crippen LogP contribution in [0.25, 0.3) is 0 Å². The van der Waals surface area contributed by atoms with E-state index in [1.165, 1.54) is 38.6 Å². The predicted octanol–water partition coefficient (Wildman–Crippen LogP) is 2.37. The molecule has 0 fully saturated rings. The van der Waals surface area contributed by atoms with Crippen molar-refractivity contribution in [3.05, 3.63) is 30.6 Å². The molecule has 0 bridgehead atoms. The zero-order valence-electron chi connectivity index (χ0n) is 9.92. The fraction of sp³-hybridized carbons (Fsp3) is 0.615. The summed E-state index contributed by atoms with van der Waals surface area (Å²) in [5, 5.41) is 6.25. The quantitative estimate of drug-likeness (QED) is 0.524. The molecule has 0 aliphatic carbocycles. The molecule has 1 heterocycles. The summed E-state index contributed by atoms with van der Waals surface area (Å²) in [7, 11) is 0. The van der Waals surface area contributed by atoms with Gasteiger partial charge in [0.1, 0.15) is 5.70 Å². The second-order valence-corrected chi connectivity index (χ2v) is 3.74. The van der Waals surface area contributed by atoms with Gasteiger partial charge in [-0.3, -0.25) is 4.90 Å². The van der Waals surface area contributed by atoms with Crippen LogP contribution < -0.4 is 4.90 Å². The Morgan fingerprint density at radius 1 is 1.20 bits per heavy atom. The topological polar surface area (TPSA) is 28.2 Å². The monoisotopic (exact) mass is 206 g/mol. The van der Waals surface area contributed by atoms with Gasteiger partial charge in [0, 0.05) is 12.5 Å². The minimum atomic E-state index is 1.19. The smallest absolute Gasteiger partial charge is 0.112 e. The maximum Gasteiger partial charge on any atom is 0.112 e. The first-order valence-electron chi connectivity index (χ1n) is 5.84. The van der Waals surface area contributed by atoms with E-state index in [9.17, 15) is 0 Å². The second kappa shape index (κ2) is 9.48. The van der Waals surface area contributed by atoms with Crippen molar-refractivity contribution in [1.29, 1.82) is 5.26 Å². The van der Waals surface area contributed by atoms with E-state index in [0.717, 1.165) is 0 Å². The molecule has 1 rings (SSSR count). The first-order valence-corrected chi connectivity index (χ1v) is 5.84. The van der Waals surface area contributed by atoms with Crippen LogP contribution in [0.5, 0.6) is 0 Å². The van der Waals surface area contributed by atoms with Crippen molar-refractivity contribution in [2.45, 2.75) is 46.0 Å². The van der Waals surface area contributed by atoms with Crippen molar-refractivity contribution in [2.24, 2.45) is 0 Å². The van der Waals surface area contributed by atoms with E-state index in [1.54, 1.807) is 10.6 Å². The highest BCUT2D eigenvalue weighted by Crippen LogP contribution is 2.00. The van der Waals surface area contributed by atoms with Crippen molar-refractivity contribution < 1.29 is 4.90 Å². The molecule has 1 atom stereocenters. The van der Waals surface area contributed by atoms with Gasteiger partial charge in [-0.1, -0.05) is 26.7 Å². The molecule has 2 nitrogen and oxygen atoms in total. The highest BCUT2D eigenvalue weighted by atomic mass is 15.1. The van der Waals surface area contributed by atoms with Gasteiger partial charge in [-0.15, -0.1) is 0 Å². The second-order valence-electron chi connectivity index (χ2n) is 3.74. The van der Waals surface area contributed by atoms with Gasteiger partial charge in [0.05, 0.1) is 12.7 Å². The maximum atomic E-state index is 6.25. The Labute approximate surface area is 93.9 Å². The molecule has 0 radical (unpaired) electrons. The third kappa shape index (κ3) is 5.39. The third-order valence-electron chi connectivity index (χ3n) is 2.69. The van der Waals surface area contributed by atoms with Crippen LogP contribution in [0.3, 0.4) is 0 Å². The summed E-state index contributed by atoms with van der Waals surface area (Å²) < 4.78 is 0. The van der Waals surface area contributed by atoms with E-state index in [4.69, 9.17) is 11.8 Å². The molecule has 0 saturated heterocycles. The van der Waals surface area contributed by atoms with Gasteiger partial charge in [-0.25, -0.2) is 0 Å². The van der Waals surface area contributed by atoms with Crippen LogP contribution in [-0.2, 0) is 0 Å². The van der Waals surface area contributed by atoms with Gasteiger partial charge in [-0.05, 0) is 18.9 Å². The highest BCUT2D eigenvalue weighted by Gasteiger charge is 2.13. The van der Waals surface area contributed by atoms with Gasteiger partial charge in [0.15, 0.2) is 0 Å². The molecular formula is C13H22N2. The van der Waals surface area contributed by atoms with Crippen molar-refractivity contribution >= 4 is 0 Å². The van der Waals surface area contributed by atoms with E-state index in [0.29, 0.717) is 0 Å². The molecule has 0 aromatic heterocycles. The van der Waals surface area contributed by atoms with Crippen LogP contribution in [0.4, 0.5) is 0 Å². The zero-order valence-corrected chi connectivity index (χ0v) is 9.92. The average molecular weight is 206 g/mol. The van der Waals surface area contributed by atoms with Crippen LogP contribution in [0.1, 0.15) is 46.0 Å². The van der Waals surface area contributed by atoms with E-state index >= 15 is 0 Å². The molecule has 0 aromatic rings. The van der Waals surface area contributed by atoms with Crippen molar-refractivity contribution in [2.75, 3.05) is 6.54 Å². The van der Waals surface area contributed by atoms with Crippen LogP contribution in [0.2, 0.25) is 0 Å². The standard InChI is InChI=1S/C12H21N.CN/c1-3-5-6-7-10-13-11-8-9-12(13)4-2;1-2/h8-9,11H,3-7,10H2,1-2H3;/q;-1/p+1. The normalized spacial score (nSPS) is 18.1. The number of nitrogens with one attached hydrogen (secondary N) is 1. The summed E-state index contributed by atoms with van der Waals surface area (Å²) in [6, 6.07) is 0. The first-order chi connectivity index (χ1) is 7.38. The number of quaternary nitrogens is 1. The molecule has 2 heteroatoms. The Morgan fingerprint density at radius 3 is 2.53 bits per heavy atom. The lowest BCUT2D eigenvalue weighted by Gasteiger charge is -2.12. The highest BCUT2D eigenvalue weighted by molar-refractivity contribution is 5.09. The fourth-order valence-corrected chi connectivity index (χ4v) is 1.83. The number of hydrogen-bond donors (Lipinski definition) is 1. The van der Waals surface area contributed by atoms with E-state index in [-0.39, 0.29) is 0 Å². The number of unbranched alkanes of at least 4 members (excludes halogenated alkanes) is 3. The van der Waals surface area contributed by atoms with E-state index < -0.39 is 0 Å². The molecule has 1 N–H and O–H groups in total. The lowest BCUT2D eigenvalue weighted by atomic mass is 10.2. The Kier molecular flexibility index (Phi) is 8.81. The number of rotatable bonds is 6. The van der Waals surface area contributed by atoms with Gasteiger partial charge in [0.25, 0.3) is 0 Å². The van der Waals surface area contributed by atoms with Crippen molar-refractivity contribution in [1.82, 2.24) is 0 Å². The van der Waals surface area contributed by atoms with Crippen LogP contribution >= 0.6 is 0 Å². The Hall–Kier alpha value is -1.07. The zero-order chi connectivity index (χ0) is 11.5. The van der Waals surface area contributed by atoms with E-state index in [1.807, 2.05) is 0 Å². The molecule has 1 unspecified atom stereocenters. The van der Waals surface area contributed by atoms with E-state index in [2.05, 4.69) is 32.2 Å². The lowest BCUT2D eigenvalue weighted by Crippen LogP contribution is -3.04. The molecular weight excluding hydrogens is 184 g/mol. The summed E-state index contributed by atoms with van der Waals surface area (Å²) in [5.41, 5.74) is 1.55. The van der Waals surface area contributed by atoms with Crippen LogP contribution in [0.15, 0.2) is 24.0 Å². The molecule has 0 aromatic carbocycles. The van der Waals surface area contributed by atoms with Crippen molar-refractivity contribution in [3.63, 3.8) is 0 Å². The molecule has 1 aliphatic rings. The maximum absolute atomic E-state index is 6.25. The van der Waals surface area contributed by atoms with Crippen LogP contribution in [0, 0.1) is 11.8 Å². The first kappa shape index (κ1) is 13.9. The largest absolute Gasteiger partial charge is 0.512 e. The summed E-state index contributed by atoms with van der Waals surface area (Å²) in [5.74, 6) is 0. The molecule has 1 aliphatic heterocycles. The predicted molar refractivity (Wildman–Crippen MR) is 62.5 cm³/mol. The summed E-state index contributed by atoms with van der Waals surface area (Å²) in [4.78, 5) is 1.58. The SMILES string of the molecule is CCCCCC[NH+]1C=CC=C1CC.[C-]#N. The third-order valence-corrected chi connectivity index (χ3v) is 2.69.